The van der Waals surface area contributed by atoms with Gasteiger partial charge in [-0.1, -0.05) is 13.8 Å². The third kappa shape index (κ3) is 4.18. The number of carbonyl (C=O) groups is 1. The number of fused-ring (bicyclic) bond motifs is 1. The van der Waals surface area contributed by atoms with Gasteiger partial charge in [-0.2, -0.15) is 0 Å². The van der Waals surface area contributed by atoms with E-state index in [-0.39, 0.29) is 12.0 Å². The van der Waals surface area contributed by atoms with Gasteiger partial charge in [-0.05, 0) is 31.1 Å². The van der Waals surface area contributed by atoms with E-state index in [4.69, 9.17) is 4.74 Å². The number of amides is 1. The van der Waals surface area contributed by atoms with E-state index in [0.29, 0.717) is 30.8 Å². The van der Waals surface area contributed by atoms with Gasteiger partial charge in [0.05, 0.1) is 19.1 Å². The highest BCUT2D eigenvalue weighted by Crippen LogP contribution is 2.26. The SMILES string of the molecule is CC(C)CC(C)OCCC(=O)N1C[C@H]2CNC[C@H]2C1. The molecule has 1 amide bonds. The molecule has 2 aliphatic rings. The van der Waals surface area contributed by atoms with Crippen molar-refractivity contribution < 1.29 is 9.53 Å². The van der Waals surface area contributed by atoms with E-state index in [2.05, 4.69) is 26.1 Å². The van der Waals surface area contributed by atoms with Crippen LogP contribution in [0.2, 0.25) is 0 Å². The normalized spacial score (nSPS) is 27.9. The van der Waals surface area contributed by atoms with Gasteiger partial charge in [0.1, 0.15) is 0 Å². The summed E-state index contributed by atoms with van der Waals surface area (Å²) in [5.41, 5.74) is 0. The smallest absolute Gasteiger partial charge is 0.224 e. The molecule has 2 rings (SSSR count). The predicted molar refractivity (Wildman–Crippen MR) is 75.9 cm³/mol. The summed E-state index contributed by atoms with van der Waals surface area (Å²) in [4.78, 5) is 14.1. The lowest BCUT2D eigenvalue weighted by Crippen LogP contribution is -2.32. The van der Waals surface area contributed by atoms with Crippen molar-refractivity contribution in [3.8, 4) is 0 Å². The van der Waals surface area contributed by atoms with Gasteiger partial charge >= 0.3 is 0 Å². The van der Waals surface area contributed by atoms with Gasteiger partial charge in [0.25, 0.3) is 0 Å². The number of likely N-dealkylation sites (tertiary alicyclic amines) is 1. The van der Waals surface area contributed by atoms with Crippen LogP contribution >= 0.6 is 0 Å². The fourth-order valence-electron chi connectivity index (χ4n) is 3.30. The van der Waals surface area contributed by atoms with Gasteiger partial charge in [-0.25, -0.2) is 0 Å². The van der Waals surface area contributed by atoms with Crippen LogP contribution in [0.15, 0.2) is 0 Å². The Hall–Kier alpha value is -0.610. The molecule has 0 aromatic rings. The second-order valence-corrected chi connectivity index (χ2v) is 6.54. The summed E-state index contributed by atoms with van der Waals surface area (Å²) in [5, 5.41) is 3.40. The predicted octanol–water partition coefficient (Wildman–Crippen LogP) is 1.51. The van der Waals surface area contributed by atoms with Crippen LogP contribution in [0.1, 0.15) is 33.6 Å². The average Bonchev–Trinajstić information content (AvgIpc) is 2.87. The molecule has 0 aromatic carbocycles. The molecule has 0 aromatic heterocycles. The molecule has 4 nitrogen and oxygen atoms in total. The maximum atomic E-state index is 12.1. The number of ether oxygens (including phenoxy) is 1. The van der Waals surface area contributed by atoms with Crippen LogP contribution in [-0.4, -0.2) is 49.7 Å². The van der Waals surface area contributed by atoms with E-state index in [9.17, 15) is 4.79 Å². The summed E-state index contributed by atoms with van der Waals surface area (Å²) in [5.74, 6) is 2.29. The maximum absolute atomic E-state index is 12.1. The molecule has 3 atom stereocenters. The number of nitrogens with one attached hydrogen (secondary N) is 1. The topological polar surface area (TPSA) is 41.6 Å². The van der Waals surface area contributed by atoms with Crippen LogP contribution in [0.25, 0.3) is 0 Å². The van der Waals surface area contributed by atoms with E-state index in [1.165, 1.54) is 0 Å². The molecule has 1 N–H and O–H groups in total. The Morgan fingerprint density at radius 3 is 2.47 bits per heavy atom. The van der Waals surface area contributed by atoms with Crippen LogP contribution in [0, 0.1) is 17.8 Å². The molecular formula is C15H28N2O2. The van der Waals surface area contributed by atoms with Crippen molar-refractivity contribution in [1.82, 2.24) is 10.2 Å². The van der Waals surface area contributed by atoms with Gasteiger partial charge in [-0.15, -0.1) is 0 Å². The third-order valence-electron chi connectivity index (χ3n) is 4.26. The van der Waals surface area contributed by atoms with E-state index in [1.807, 2.05) is 4.90 Å². The summed E-state index contributed by atoms with van der Waals surface area (Å²) in [6.45, 7) is 11.1. The summed E-state index contributed by atoms with van der Waals surface area (Å²) in [6, 6.07) is 0. The molecule has 0 aliphatic carbocycles. The minimum absolute atomic E-state index is 0.259. The van der Waals surface area contributed by atoms with E-state index in [1.54, 1.807) is 0 Å². The Kier molecular flexibility index (Phi) is 5.22. The first-order chi connectivity index (χ1) is 9.06. The molecule has 0 radical (unpaired) electrons. The molecule has 0 saturated carbocycles. The van der Waals surface area contributed by atoms with E-state index < -0.39 is 0 Å². The summed E-state index contributed by atoms with van der Waals surface area (Å²) >= 11 is 0. The highest BCUT2D eigenvalue weighted by Gasteiger charge is 2.37. The molecule has 2 saturated heterocycles. The minimum Gasteiger partial charge on any atom is -0.378 e. The standard InChI is InChI=1S/C15H28N2O2/c1-11(2)6-12(3)19-5-4-15(18)17-9-13-7-16-8-14(13)10-17/h11-14,16H,4-10H2,1-3H3/t12?,13-,14+. The Balaban J connectivity index is 1.62. The molecule has 2 fully saturated rings. The van der Waals surface area contributed by atoms with Crippen molar-refractivity contribution >= 4 is 5.91 Å². The number of hydrogen-bond donors (Lipinski definition) is 1. The zero-order valence-corrected chi connectivity index (χ0v) is 12.5. The van der Waals surface area contributed by atoms with Crippen molar-refractivity contribution in [3.63, 3.8) is 0 Å². The second kappa shape index (κ2) is 6.71. The summed E-state index contributed by atoms with van der Waals surface area (Å²) in [7, 11) is 0. The van der Waals surface area contributed by atoms with Crippen molar-refractivity contribution in [1.29, 1.82) is 0 Å². The Labute approximate surface area is 116 Å². The number of rotatable bonds is 6. The van der Waals surface area contributed by atoms with Gasteiger partial charge in [0.15, 0.2) is 0 Å². The summed E-state index contributed by atoms with van der Waals surface area (Å²) < 4.78 is 5.72. The molecule has 110 valence electrons. The fourth-order valence-corrected chi connectivity index (χ4v) is 3.30. The largest absolute Gasteiger partial charge is 0.378 e. The first kappa shape index (κ1) is 14.8. The molecule has 2 heterocycles. The number of hydrogen-bond acceptors (Lipinski definition) is 3. The zero-order valence-electron chi connectivity index (χ0n) is 12.5. The lowest BCUT2D eigenvalue weighted by molar-refractivity contribution is -0.132. The Morgan fingerprint density at radius 1 is 1.26 bits per heavy atom. The highest BCUT2D eigenvalue weighted by atomic mass is 16.5. The number of carbonyl (C=O) groups excluding carboxylic acids is 1. The van der Waals surface area contributed by atoms with Gasteiger partial charge < -0.3 is 15.0 Å². The fraction of sp³-hybridized carbons (Fsp3) is 0.933. The van der Waals surface area contributed by atoms with Crippen LogP contribution in [-0.2, 0) is 9.53 Å². The van der Waals surface area contributed by atoms with E-state index in [0.717, 1.165) is 32.6 Å². The molecule has 2 aliphatic heterocycles. The zero-order chi connectivity index (χ0) is 13.8. The van der Waals surface area contributed by atoms with E-state index >= 15 is 0 Å². The maximum Gasteiger partial charge on any atom is 0.224 e. The average molecular weight is 268 g/mol. The first-order valence-electron chi connectivity index (χ1n) is 7.66. The quantitative estimate of drug-likeness (QED) is 0.794. The third-order valence-corrected chi connectivity index (χ3v) is 4.26. The first-order valence-corrected chi connectivity index (χ1v) is 7.66. The van der Waals surface area contributed by atoms with Gasteiger partial charge in [-0.3, -0.25) is 4.79 Å². The van der Waals surface area contributed by atoms with Crippen molar-refractivity contribution in [3.05, 3.63) is 0 Å². The lowest BCUT2D eigenvalue weighted by atomic mass is 10.0. The number of nitrogens with zero attached hydrogens (tertiary/aromatic N) is 1. The van der Waals surface area contributed by atoms with Crippen molar-refractivity contribution in [2.24, 2.45) is 17.8 Å². The van der Waals surface area contributed by atoms with Crippen LogP contribution < -0.4 is 5.32 Å². The minimum atomic E-state index is 0.259. The monoisotopic (exact) mass is 268 g/mol. The Morgan fingerprint density at radius 2 is 1.89 bits per heavy atom. The Bertz CT molecular complexity index is 295. The second-order valence-electron chi connectivity index (χ2n) is 6.54. The van der Waals surface area contributed by atoms with Gasteiger partial charge in [0.2, 0.25) is 5.91 Å². The molecular weight excluding hydrogens is 240 g/mol. The van der Waals surface area contributed by atoms with Crippen LogP contribution in [0.3, 0.4) is 0 Å². The van der Waals surface area contributed by atoms with Crippen molar-refractivity contribution in [2.75, 3.05) is 32.8 Å². The van der Waals surface area contributed by atoms with Crippen molar-refractivity contribution in [2.45, 2.75) is 39.7 Å². The molecule has 4 heteroatoms. The highest BCUT2D eigenvalue weighted by molar-refractivity contribution is 5.76. The van der Waals surface area contributed by atoms with Crippen LogP contribution in [0.4, 0.5) is 0 Å². The summed E-state index contributed by atoms with van der Waals surface area (Å²) in [6.07, 6.45) is 1.86. The molecule has 0 bridgehead atoms. The lowest BCUT2D eigenvalue weighted by Gasteiger charge is -2.19. The van der Waals surface area contributed by atoms with Crippen LogP contribution in [0.5, 0.6) is 0 Å². The van der Waals surface area contributed by atoms with Gasteiger partial charge in [0, 0.05) is 26.2 Å². The molecule has 0 spiro atoms. The molecule has 19 heavy (non-hydrogen) atoms. The molecule has 1 unspecified atom stereocenters.